The van der Waals surface area contributed by atoms with Crippen LogP contribution in [-0.4, -0.2) is 26.1 Å². The number of rotatable bonds is 3. The Labute approximate surface area is 138 Å². The van der Waals surface area contributed by atoms with Crippen LogP contribution >= 0.6 is 11.6 Å². The van der Waals surface area contributed by atoms with Crippen molar-refractivity contribution in [2.24, 2.45) is 0 Å². The van der Waals surface area contributed by atoms with E-state index in [1.165, 1.54) is 0 Å². The number of benzene rings is 2. The maximum atomic E-state index is 6.18. The Kier molecular flexibility index (Phi) is 3.35. The number of anilines is 2. The average Bonchev–Trinajstić information content (AvgIpc) is 3.05. The summed E-state index contributed by atoms with van der Waals surface area (Å²) in [5.41, 5.74) is 2.03. The van der Waals surface area contributed by atoms with Gasteiger partial charge in [-0.15, -0.1) is 10.2 Å². The van der Waals surface area contributed by atoms with Gasteiger partial charge in [0, 0.05) is 22.6 Å². The zero-order chi connectivity index (χ0) is 15.8. The average molecular weight is 324 g/mol. The molecule has 0 atom stereocenters. The molecule has 0 saturated carbocycles. The van der Waals surface area contributed by atoms with Crippen LogP contribution in [0, 0.1) is 0 Å². The fourth-order valence-electron chi connectivity index (χ4n) is 2.79. The Morgan fingerprint density at radius 1 is 1.13 bits per heavy atom. The van der Waals surface area contributed by atoms with Crippen molar-refractivity contribution in [2.45, 2.75) is 6.92 Å². The molecule has 5 nitrogen and oxygen atoms in total. The summed E-state index contributed by atoms with van der Waals surface area (Å²) in [6, 6.07) is 16.0. The largest absolute Gasteiger partial charge is 0.326 e. The summed E-state index contributed by atoms with van der Waals surface area (Å²) < 4.78 is 1.85. The highest BCUT2D eigenvalue weighted by atomic mass is 35.5. The molecule has 23 heavy (non-hydrogen) atoms. The number of hydrogen-bond donors (Lipinski definition) is 0. The molecule has 114 valence electrons. The Bertz CT molecular complexity index is 980. The van der Waals surface area contributed by atoms with Crippen molar-refractivity contribution in [1.29, 1.82) is 0 Å². The van der Waals surface area contributed by atoms with Crippen molar-refractivity contribution in [3.8, 4) is 0 Å². The molecule has 0 saturated heterocycles. The molecule has 0 N–H and O–H groups in total. The number of para-hydroxylation sites is 1. The second kappa shape index (κ2) is 5.52. The SMILES string of the molecule is CCN(c1ccccc1)c1nc2nncn2c2cc(Cl)ccc12. The molecule has 6 heteroatoms. The van der Waals surface area contributed by atoms with E-state index in [0.717, 1.165) is 29.0 Å². The Morgan fingerprint density at radius 3 is 2.74 bits per heavy atom. The van der Waals surface area contributed by atoms with Gasteiger partial charge in [0.15, 0.2) is 0 Å². The molecule has 4 aromatic rings. The van der Waals surface area contributed by atoms with Crippen molar-refractivity contribution in [1.82, 2.24) is 19.6 Å². The number of aromatic nitrogens is 4. The highest BCUT2D eigenvalue weighted by Crippen LogP contribution is 2.32. The molecular weight excluding hydrogens is 310 g/mol. The zero-order valence-corrected chi connectivity index (χ0v) is 13.3. The fourth-order valence-corrected chi connectivity index (χ4v) is 2.96. The Morgan fingerprint density at radius 2 is 1.96 bits per heavy atom. The minimum atomic E-state index is 0.559. The van der Waals surface area contributed by atoms with Gasteiger partial charge in [-0.2, -0.15) is 4.98 Å². The van der Waals surface area contributed by atoms with Crippen molar-refractivity contribution < 1.29 is 0 Å². The quantitative estimate of drug-likeness (QED) is 0.569. The van der Waals surface area contributed by atoms with Gasteiger partial charge in [-0.3, -0.25) is 4.40 Å². The van der Waals surface area contributed by atoms with E-state index in [1.54, 1.807) is 6.33 Å². The fraction of sp³-hybridized carbons (Fsp3) is 0.118. The first-order valence-corrected chi connectivity index (χ1v) is 7.77. The number of hydrogen-bond acceptors (Lipinski definition) is 4. The van der Waals surface area contributed by atoms with Crippen LogP contribution in [0.3, 0.4) is 0 Å². The van der Waals surface area contributed by atoms with Gasteiger partial charge in [0.2, 0.25) is 0 Å². The standard InChI is InChI=1S/C17H14ClN5/c1-2-22(13-6-4-3-5-7-13)16-14-9-8-12(18)10-15(14)23-11-19-21-17(23)20-16/h3-11H,2H2,1H3. The number of fused-ring (bicyclic) bond motifs is 3. The highest BCUT2D eigenvalue weighted by Gasteiger charge is 2.16. The molecule has 0 bridgehead atoms. The first-order chi connectivity index (χ1) is 11.3. The maximum absolute atomic E-state index is 6.18. The third-order valence-corrected chi connectivity index (χ3v) is 4.07. The van der Waals surface area contributed by atoms with E-state index in [4.69, 9.17) is 16.6 Å². The number of nitrogens with zero attached hydrogens (tertiary/aromatic N) is 5. The van der Waals surface area contributed by atoms with Gasteiger partial charge in [-0.25, -0.2) is 0 Å². The van der Waals surface area contributed by atoms with Crippen LogP contribution in [0.5, 0.6) is 0 Å². The third kappa shape index (κ3) is 2.29. The van der Waals surface area contributed by atoms with E-state index < -0.39 is 0 Å². The Balaban J connectivity index is 2.04. The van der Waals surface area contributed by atoms with Gasteiger partial charge in [0.1, 0.15) is 12.1 Å². The van der Waals surface area contributed by atoms with Crippen LogP contribution in [0.4, 0.5) is 11.5 Å². The van der Waals surface area contributed by atoms with Gasteiger partial charge in [0.05, 0.1) is 5.52 Å². The first-order valence-electron chi connectivity index (χ1n) is 7.39. The summed E-state index contributed by atoms with van der Waals surface area (Å²) in [5.74, 6) is 1.41. The van der Waals surface area contributed by atoms with E-state index in [0.29, 0.717) is 10.8 Å². The normalized spacial score (nSPS) is 11.2. The van der Waals surface area contributed by atoms with Crippen molar-refractivity contribution in [2.75, 3.05) is 11.4 Å². The van der Waals surface area contributed by atoms with Crippen LogP contribution in [0.1, 0.15) is 6.92 Å². The lowest BCUT2D eigenvalue weighted by Gasteiger charge is -2.23. The molecule has 2 heterocycles. The summed E-state index contributed by atoms with van der Waals surface area (Å²) in [5, 5.41) is 9.75. The van der Waals surface area contributed by atoms with E-state index in [9.17, 15) is 0 Å². The van der Waals surface area contributed by atoms with Gasteiger partial charge >= 0.3 is 0 Å². The Hall–Kier alpha value is -2.66. The molecule has 0 unspecified atom stereocenters. The van der Waals surface area contributed by atoms with Crippen molar-refractivity contribution in [3.63, 3.8) is 0 Å². The van der Waals surface area contributed by atoms with Gasteiger partial charge in [-0.05, 0) is 37.3 Å². The molecule has 0 spiro atoms. The first kappa shape index (κ1) is 14.0. The summed E-state index contributed by atoms with van der Waals surface area (Å²) >= 11 is 6.18. The number of halogens is 1. The molecule has 0 aliphatic carbocycles. The second-order valence-electron chi connectivity index (χ2n) is 5.18. The molecule has 0 radical (unpaired) electrons. The topological polar surface area (TPSA) is 46.3 Å². The van der Waals surface area contributed by atoms with Crippen LogP contribution in [-0.2, 0) is 0 Å². The predicted octanol–water partition coefficient (Wildman–Crippen LogP) is 4.09. The van der Waals surface area contributed by atoms with E-state index in [1.807, 2.05) is 40.8 Å². The van der Waals surface area contributed by atoms with Crippen LogP contribution in [0.15, 0.2) is 54.9 Å². The molecular formula is C17H14ClN5. The molecule has 0 fully saturated rings. The highest BCUT2D eigenvalue weighted by molar-refractivity contribution is 6.31. The lowest BCUT2D eigenvalue weighted by Crippen LogP contribution is -2.18. The van der Waals surface area contributed by atoms with Crippen LogP contribution in [0.2, 0.25) is 5.02 Å². The zero-order valence-electron chi connectivity index (χ0n) is 12.5. The van der Waals surface area contributed by atoms with E-state index in [2.05, 4.69) is 34.2 Å². The molecule has 0 aliphatic heterocycles. The predicted molar refractivity (Wildman–Crippen MR) is 92.4 cm³/mol. The lowest BCUT2D eigenvalue weighted by molar-refractivity contribution is 0.989. The molecule has 2 aromatic heterocycles. The molecule has 0 aliphatic rings. The van der Waals surface area contributed by atoms with Crippen molar-refractivity contribution in [3.05, 3.63) is 59.9 Å². The summed E-state index contributed by atoms with van der Waals surface area (Å²) in [7, 11) is 0. The van der Waals surface area contributed by atoms with Crippen LogP contribution in [0.25, 0.3) is 16.7 Å². The monoisotopic (exact) mass is 323 g/mol. The smallest absolute Gasteiger partial charge is 0.257 e. The van der Waals surface area contributed by atoms with Gasteiger partial charge < -0.3 is 4.90 Å². The summed E-state index contributed by atoms with van der Waals surface area (Å²) in [6.45, 7) is 2.89. The van der Waals surface area contributed by atoms with Gasteiger partial charge in [-0.1, -0.05) is 29.8 Å². The lowest BCUT2D eigenvalue weighted by atomic mass is 10.2. The molecule has 2 aromatic carbocycles. The third-order valence-electron chi connectivity index (χ3n) is 3.84. The maximum Gasteiger partial charge on any atom is 0.257 e. The molecule has 0 amide bonds. The van der Waals surface area contributed by atoms with Crippen molar-refractivity contribution >= 4 is 39.8 Å². The van der Waals surface area contributed by atoms with E-state index in [-0.39, 0.29) is 0 Å². The van der Waals surface area contributed by atoms with Gasteiger partial charge in [0.25, 0.3) is 5.78 Å². The molecule has 4 rings (SSSR count). The summed E-state index contributed by atoms with van der Waals surface area (Å²) in [4.78, 5) is 6.87. The summed E-state index contributed by atoms with van der Waals surface area (Å²) in [6.07, 6.45) is 1.66. The van der Waals surface area contributed by atoms with Crippen LogP contribution < -0.4 is 4.90 Å². The van der Waals surface area contributed by atoms with E-state index >= 15 is 0 Å². The minimum Gasteiger partial charge on any atom is -0.326 e. The minimum absolute atomic E-state index is 0.559. The second-order valence-corrected chi connectivity index (χ2v) is 5.61.